The smallest absolute Gasteiger partial charge is 0.238 e. The molecule has 3 rings (SSSR count). The number of nitrogens with one attached hydrogen (secondary N) is 1. The first kappa shape index (κ1) is 18.1. The van der Waals surface area contributed by atoms with E-state index in [2.05, 4.69) is 48.8 Å². The Hall–Kier alpha value is -1.66. The van der Waals surface area contributed by atoms with E-state index < -0.39 is 0 Å². The Morgan fingerprint density at radius 1 is 1.28 bits per heavy atom. The zero-order chi connectivity index (χ0) is 17.6. The zero-order valence-electron chi connectivity index (χ0n) is 14.6. The lowest BCUT2D eigenvalue weighted by Gasteiger charge is -2.31. The van der Waals surface area contributed by atoms with Gasteiger partial charge in [-0.25, -0.2) is 4.98 Å². The van der Waals surface area contributed by atoms with Gasteiger partial charge in [0.05, 0.1) is 6.54 Å². The van der Waals surface area contributed by atoms with Gasteiger partial charge in [0, 0.05) is 35.5 Å². The number of carbonyl (C=O) groups excluding carboxylic acids is 1. The van der Waals surface area contributed by atoms with Gasteiger partial charge < -0.3 is 9.88 Å². The normalized spacial score (nSPS) is 16.1. The third-order valence-corrected chi connectivity index (χ3v) is 5.30. The Morgan fingerprint density at radius 3 is 2.68 bits per heavy atom. The number of imidazole rings is 1. The van der Waals surface area contributed by atoms with E-state index >= 15 is 0 Å². The lowest BCUT2D eigenvalue weighted by Crippen LogP contribution is -2.40. The molecule has 0 bridgehead atoms. The number of carbonyl (C=O) groups is 1. The second-order valence-corrected chi connectivity index (χ2v) is 7.54. The van der Waals surface area contributed by atoms with E-state index in [1.54, 1.807) is 0 Å². The van der Waals surface area contributed by atoms with Crippen LogP contribution in [-0.2, 0) is 17.8 Å². The van der Waals surface area contributed by atoms with Crippen molar-refractivity contribution in [1.29, 1.82) is 0 Å². The van der Waals surface area contributed by atoms with E-state index in [0.29, 0.717) is 12.5 Å². The maximum absolute atomic E-state index is 12.2. The van der Waals surface area contributed by atoms with Crippen molar-refractivity contribution in [3.63, 3.8) is 0 Å². The summed E-state index contributed by atoms with van der Waals surface area (Å²) in [5.74, 6) is 1.89. The van der Waals surface area contributed by atoms with Crippen LogP contribution in [0.5, 0.6) is 0 Å². The van der Waals surface area contributed by atoms with E-state index in [4.69, 9.17) is 0 Å². The van der Waals surface area contributed by atoms with Crippen LogP contribution in [0.15, 0.2) is 41.1 Å². The Labute approximate surface area is 157 Å². The molecule has 1 N–H and O–H groups in total. The van der Waals surface area contributed by atoms with E-state index in [0.717, 1.165) is 54.9 Å². The molecule has 0 atom stereocenters. The number of aromatic nitrogens is 2. The van der Waals surface area contributed by atoms with Crippen molar-refractivity contribution in [2.24, 2.45) is 5.92 Å². The molecule has 134 valence electrons. The molecule has 5 nitrogen and oxygen atoms in total. The summed E-state index contributed by atoms with van der Waals surface area (Å²) in [7, 11) is 0. The monoisotopic (exact) mass is 404 g/mol. The number of anilines is 1. The number of likely N-dealkylation sites (tertiary alicyclic amines) is 1. The van der Waals surface area contributed by atoms with Gasteiger partial charge in [-0.3, -0.25) is 9.69 Å². The van der Waals surface area contributed by atoms with E-state index in [-0.39, 0.29) is 5.91 Å². The summed E-state index contributed by atoms with van der Waals surface area (Å²) in [5, 5.41) is 2.97. The van der Waals surface area contributed by atoms with Crippen LogP contribution in [0.3, 0.4) is 0 Å². The predicted octanol–water partition coefficient (Wildman–Crippen LogP) is 3.56. The zero-order valence-corrected chi connectivity index (χ0v) is 16.2. The highest BCUT2D eigenvalue weighted by Gasteiger charge is 2.21. The van der Waals surface area contributed by atoms with Gasteiger partial charge in [-0.2, -0.15) is 0 Å². The number of rotatable bonds is 6. The van der Waals surface area contributed by atoms with Gasteiger partial charge >= 0.3 is 0 Å². The van der Waals surface area contributed by atoms with Crippen molar-refractivity contribution in [2.45, 2.75) is 32.7 Å². The van der Waals surface area contributed by atoms with Gasteiger partial charge in [-0.15, -0.1) is 0 Å². The number of aryl methyl sites for hydroxylation is 1. The Bertz CT molecular complexity index is 690. The van der Waals surface area contributed by atoms with Crippen molar-refractivity contribution in [3.8, 4) is 0 Å². The summed E-state index contributed by atoms with van der Waals surface area (Å²) < 4.78 is 3.29. The molecule has 1 aliphatic heterocycles. The largest absolute Gasteiger partial charge is 0.335 e. The quantitative estimate of drug-likeness (QED) is 0.800. The summed E-state index contributed by atoms with van der Waals surface area (Å²) in [4.78, 5) is 18.9. The van der Waals surface area contributed by atoms with Crippen LogP contribution in [0.1, 0.15) is 25.6 Å². The molecular formula is C19H25BrN4O. The number of benzene rings is 1. The van der Waals surface area contributed by atoms with Crippen LogP contribution < -0.4 is 5.32 Å². The minimum atomic E-state index is 0.0589. The van der Waals surface area contributed by atoms with E-state index in [1.807, 2.05) is 30.5 Å². The van der Waals surface area contributed by atoms with Crippen molar-refractivity contribution in [1.82, 2.24) is 14.5 Å². The van der Waals surface area contributed by atoms with Crippen LogP contribution in [-0.4, -0.2) is 40.0 Å². The highest BCUT2D eigenvalue weighted by molar-refractivity contribution is 9.10. The van der Waals surface area contributed by atoms with Gasteiger partial charge in [-0.1, -0.05) is 22.9 Å². The number of piperidine rings is 1. The van der Waals surface area contributed by atoms with Gasteiger partial charge in [0.15, 0.2) is 0 Å². The molecule has 1 aliphatic rings. The van der Waals surface area contributed by atoms with Crippen LogP contribution in [0.4, 0.5) is 5.69 Å². The maximum atomic E-state index is 12.2. The Kier molecular flexibility index (Phi) is 6.26. The average Bonchev–Trinajstić information content (AvgIpc) is 3.06. The molecule has 0 radical (unpaired) electrons. The summed E-state index contributed by atoms with van der Waals surface area (Å²) in [6, 6.07) is 7.68. The van der Waals surface area contributed by atoms with Crippen molar-refractivity contribution in [2.75, 3.05) is 25.0 Å². The van der Waals surface area contributed by atoms with Crippen LogP contribution in [0, 0.1) is 5.92 Å². The SMILES string of the molecule is CCc1nccn1CC1CCN(CC(=O)Nc2ccc(Br)cc2)CC1. The minimum Gasteiger partial charge on any atom is -0.335 e. The third kappa shape index (κ3) is 5.16. The molecule has 0 saturated carbocycles. The van der Waals surface area contributed by atoms with Crippen molar-refractivity contribution < 1.29 is 4.79 Å². The lowest BCUT2D eigenvalue weighted by molar-refractivity contribution is -0.117. The molecule has 2 aromatic rings. The standard InChI is InChI=1S/C19H25BrN4O/c1-2-18-21-9-12-24(18)13-15-7-10-23(11-8-15)14-19(25)22-17-5-3-16(20)4-6-17/h3-6,9,12,15H,2,7-8,10-11,13-14H2,1H3,(H,22,25). The molecule has 0 aliphatic carbocycles. The second kappa shape index (κ2) is 8.63. The molecule has 1 amide bonds. The topological polar surface area (TPSA) is 50.2 Å². The fourth-order valence-corrected chi connectivity index (χ4v) is 3.63. The molecule has 1 saturated heterocycles. The first-order valence-electron chi connectivity index (χ1n) is 8.92. The van der Waals surface area contributed by atoms with Gasteiger partial charge in [0.25, 0.3) is 0 Å². The van der Waals surface area contributed by atoms with Crippen molar-refractivity contribution >= 4 is 27.5 Å². The lowest BCUT2D eigenvalue weighted by atomic mass is 9.96. The van der Waals surface area contributed by atoms with Gasteiger partial charge in [0.1, 0.15) is 5.82 Å². The minimum absolute atomic E-state index is 0.0589. The highest BCUT2D eigenvalue weighted by atomic mass is 79.9. The summed E-state index contributed by atoms with van der Waals surface area (Å²) >= 11 is 3.40. The molecule has 0 spiro atoms. The van der Waals surface area contributed by atoms with Gasteiger partial charge in [0.2, 0.25) is 5.91 Å². The van der Waals surface area contributed by atoms with E-state index in [9.17, 15) is 4.79 Å². The Balaban J connectivity index is 1.43. The highest BCUT2D eigenvalue weighted by Crippen LogP contribution is 2.20. The van der Waals surface area contributed by atoms with E-state index in [1.165, 1.54) is 0 Å². The number of hydrogen-bond donors (Lipinski definition) is 1. The number of amides is 1. The third-order valence-electron chi connectivity index (χ3n) is 4.78. The average molecular weight is 405 g/mol. The maximum Gasteiger partial charge on any atom is 0.238 e. The molecule has 1 fully saturated rings. The fraction of sp³-hybridized carbons (Fsp3) is 0.474. The molecule has 25 heavy (non-hydrogen) atoms. The molecule has 6 heteroatoms. The fourth-order valence-electron chi connectivity index (χ4n) is 3.36. The molecule has 0 unspecified atom stereocenters. The molecule has 1 aromatic heterocycles. The van der Waals surface area contributed by atoms with Crippen LogP contribution >= 0.6 is 15.9 Å². The number of halogens is 1. The summed E-state index contributed by atoms with van der Waals surface area (Å²) in [6.45, 7) is 5.62. The first-order valence-corrected chi connectivity index (χ1v) is 9.71. The van der Waals surface area contributed by atoms with Crippen LogP contribution in [0.2, 0.25) is 0 Å². The summed E-state index contributed by atoms with van der Waals surface area (Å²) in [6.07, 6.45) is 7.21. The first-order chi connectivity index (χ1) is 12.1. The number of nitrogens with zero attached hydrogens (tertiary/aromatic N) is 3. The second-order valence-electron chi connectivity index (χ2n) is 6.62. The van der Waals surface area contributed by atoms with Crippen LogP contribution in [0.25, 0.3) is 0 Å². The summed E-state index contributed by atoms with van der Waals surface area (Å²) in [5.41, 5.74) is 0.843. The van der Waals surface area contributed by atoms with Gasteiger partial charge in [-0.05, 0) is 56.1 Å². The molecular weight excluding hydrogens is 380 g/mol. The molecule has 2 heterocycles. The number of hydrogen-bond acceptors (Lipinski definition) is 3. The Morgan fingerprint density at radius 2 is 2.00 bits per heavy atom. The molecule has 1 aromatic carbocycles. The predicted molar refractivity (Wildman–Crippen MR) is 104 cm³/mol. The van der Waals surface area contributed by atoms with Crippen molar-refractivity contribution in [3.05, 3.63) is 47.0 Å².